The number of aliphatic carboxylic acids is 1. The zero-order valence-corrected chi connectivity index (χ0v) is 9.14. The van der Waals surface area contributed by atoms with Crippen molar-refractivity contribution < 1.29 is 28.5 Å². The van der Waals surface area contributed by atoms with E-state index in [1.165, 1.54) is 0 Å². The lowest BCUT2D eigenvalue weighted by Crippen LogP contribution is -2.50. The Morgan fingerprint density at radius 3 is 2.19 bits per heavy atom. The summed E-state index contributed by atoms with van der Waals surface area (Å²) in [6, 6.07) is -2.41. The molecule has 0 radical (unpaired) electrons. The van der Waals surface area contributed by atoms with Crippen molar-refractivity contribution in [1.82, 2.24) is 9.44 Å². The first-order valence-corrected chi connectivity index (χ1v) is 5.77. The third-order valence-electron chi connectivity index (χ3n) is 1.57. The molecule has 0 heterocycles. The van der Waals surface area contributed by atoms with Crippen molar-refractivity contribution in [2.75, 3.05) is 19.8 Å². The third kappa shape index (κ3) is 5.95. The van der Waals surface area contributed by atoms with Gasteiger partial charge in [-0.25, -0.2) is 4.72 Å². The first-order valence-electron chi connectivity index (χ1n) is 4.29. The van der Waals surface area contributed by atoms with Crippen LogP contribution in [0.3, 0.4) is 0 Å². The van der Waals surface area contributed by atoms with E-state index in [0.717, 1.165) is 0 Å². The van der Waals surface area contributed by atoms with Crippen LogP contribution in [0.5, 0.6) is 0 Å². The van der Waals surface area contributed by atoms with Crippen LogP contribution in [-0.2, 0) is 15.0 Å². The van der Waals surface area contributed by atoms with Gasteiger partial charge in [0, 0.05) is 6.54 Å². The molecule has 0 saturated heterocycles. The molecular formula is C6H15N3O6S. The van der Waals surface area contributed by atoms with E-state index in [4.69, 9.17) is 21.1 Å². The number of aliphatic hydroxyl groups is 2. The molecule has 1 atom stereocenters. The predicted octanol–water partition coefficient (Wildman–Crippen LogP) is -3.82. The van der Waals surface area contributed by atoms with Crippen molar-refractivity contribution in [2.24, 2.45) is 5.73 Å². The van der Waals surface area contributed by atoms with Gasteiger partial charge in [-0.05, 0) is 0 Å². The monoisotopic (exact) mass is 257 g/mol. The quantitative estimate of drug-likeness (QED) is 0.259. The van der Waals surface area contributed by atoms with Crippen molar-refractivity contribution in [2.45, 2.75) is 12.1 Å². The largest absolute Gasteiger partial charge is 0.480 e. The van der Waals surface area contributed by atoms with Gasteiger partial charge < -0.3 is 21.1 Å². The Morgan fingerprint density at radius 1 is 1.31 bits per heavy atom. The lowest BCUT2D eigenvalue weighted by atomic mass is 10.3. The molecule has 9 nitrogen and oxygen atoms in total. The van der Waals surface area contributed by atoms with E-state index in [1.54, 1.807) is 0 Å². The fraction of sp³-hybridized carbons (Fsp3) is 0.833. The molecule has 0 aliphatic rings. The summed E-state index contributed by atoms with van der Waals surface area (Å²) in [5, 5.41) is 25.6. The number of carbonyl (C=O) groups is 1. The van der Waals surface area contributed by atoms with Crippen LogP contribution >= 0.6 is 0 Å². The van der Waals surface area contributed by atoms with E-state index >= 15 is 0 Å². The molecule has 10 heteroatoms. The Bertz CT molecular complexity index is 314. The van der Waals surface area contributed by atoms with Crippen LogP contribution < -0.4 is 15.2 Å². The number of hydrogen-bond acceptors (Lipinski definition) is 6. The van der Waals surface area contributed by atoms with E-state index < -0.39 is 48.0 Å². The van der Waals surface area contributed by atoms with E-state index in [1.807, 2.05) is 9.44 Å². The van der Waals surface area contributed by atoms with Crippen molar-refractivity contribution >= 4 is 16.2 Å². The minimum atomic E-state index is -4.00. The molecule has 0 bridgehead atoms. The van der Waals surface area contributed by atoms with Gasteiger partial charge in [0.25, 0.3) is 10.2 Å². The summed E-state index contributed by atoms with van der Waals surface area (Å²) < 4.78 is 26.2. The SMILES string of the molecule is N[C@@H](CNS(=O)(=O)NC(CO)CO)C(=O)O. The Morgan fingerprint density at radius 2 is 1.81 bits per heavy atom. The van der Waals surface area contributed by atoms with Crippen LogP contribution in [-0.4, -0.2) is 61.5 Å². The average molecular weight is 257 g/mol. The Labute approximate surface area is 92.4 Å². The maximum Gasteiger partial charge on any atom is 0.321 e. The zero-order chi connectivity index (χ0) is 12.8. The summed E-state index contributed by atoms with van der Waals surface area (Å²) in [5.41, 5.74) is 5.07. The van der Waals surface area contributed by atoms with E-state index in [9.17, 15) is 13.2 Å². The molecule has 0 aromatic heterocycles. The zero-order valence-electron chi connectivity index (χ0n) is 8.33. The van der Waals surface area contributed by atoms with E-state index in [2.05, 4.69) is 0 Å². The van der Waals surface area contributed by atoms with Crippen LogP contribution in [0.15, 0.2) is 0 Å². The highest BCUT2D eigenvalue weighted by atomic mass is 32.2. The predicted molar refractivity (Wildman–Crippen MR) is 53.6 cm³/mol. The second kappa shape index (κ2) is 6.73. The van der Waals surface area contributed by atoms with Gasteiger partial charge in [0.15, 0.2) is 0 Å². The summed E-state index contributed by atoms with van der Waals surface area (Å²) in [4.78, 5) is 10.3. The average Bonchev–Trinajstić information content (AvgIpc) is 2.22. The summed E-state index contributed by atoms with van der Waals surface area (Å²) in [5.74, 6) is -1.34. The van der Waals surface area contributed by atoms with Gasteiger partial charge in [-0.3, -0.25) is 4.79 Å². The van der Waals surface area contributed by atoms with Crippen LogP contribution in [0.2, 0.25) is 0 Å². The fourth-order valence-corrected chi connectivity index (χ4v) is 1.75. The lowest BCUT2D eigenvalue weighted by molar-refractivity contribution is -0.138. The highest BCUT2D eigenvalue weighted by Gasteiger charge is 2.19. The Balaban J connectivity index is 4.20. The van der Waals surface area contributed by atoms with Gasteiger partial charge >= 0.3 is 5.97 Å². The Kier molecular flexibility index (Phi) is 6.40. The van der Waals surface area contributed by atoms with Gasteiger partial charge in [0.2, 0.25) is 0 Å². The second-order valence-corrected chi connectivity index (χ2v) is 4.51. The molecule has 0 aromatic rings. The summed E-state index contributed by atoms with van der Waals surface area (Å²) in [7, 11) is -4.00. The molecule has 0 saturated carbocycles. The van der Waals surface area contributed by atoms with Crippen molar-refractivity contribution in [3.63, 3.8) is 0 Å². The number of carboxylic acids is 1. The number of aliphatic hydroxyl groups excluding tert-OH is 2. The van der Waals surface area contributed by atoms with Crippen LogP contribution in [0.1, 0.15) is 0 Å². The Hall–Kier alpha value is -0.780. The normalized spacial score (nSPS) is 14.0. The highest BCUT2D eigenvalue weighted by molar-refractivity contribution is 7.87. The molecule has 0 rings (SSSR count). The molecular weight excluding hydrogens is 242 g/mol. The second-order valence-electron chi connectivity index (χ2n) is 2.98. The van der Waals surface area contributed by atoms with Gasteiger partial charge in [-0.1, -0.05) is 0 Å². The van der Waals surface area contributed by atoms with Crippen molar-refractivity contribution in [3.05, 3.63) is 0 Å². The maximum atomic E-state index is 11.2. The van der Waals surface area contributed by atoms with Gasteiger partial charge in [0.05, 0.1) is 19.3 Å². The molecule has 0 aromatic carbocycles. The minimum Gasteiger partial charge on any atom is -0.480 e. The van der Waals surface area contributed by atoms with Gasteiger partial charge in [0.1, 0.15) is 6.04 Å². The van der Waals surface area contributed by atoms with Crippen molar-refractivity contribution in [3.8, 4) is 0 Å². The first-order chi connectivity index (χ1) is 7.32. The highest BCUT2D eigenvalue weighted by Crippen LogP contribution is 1.86. The molecule has 0 aliphatic carbocycles. The summed E-state index contributed by atoms with van der Waals surface area (Å²) in [6.07, 6.45) is 0. The summed E-state index contributed by atoms with van der Waals surface area (Å²) in [6.45, 7) is -1.65. The standard InChI is InChI=1S/C6H15N3O6S/c7-5(6(12)13)1-8-16(14,15)9-4(2-10)3-11/h4-5,8-11H,1-3,7H2,(H,12,13)/t5-/m0/s1. The molecule has 96 valence electrons. The molecule has 0 fully saturated rings. The van der Waals surface area contributed by atoms with E-state index in [-0.39, 0.29) is 0 Å². The molecule has 0 spiro atoms. The van der Waals surface area contributed by atoms with Crippen LogP contribution in [0, 0.1) is 0 Å². The maximum absolute atomic E-state index is 11.2. The first kappa shape index (κ1) is 15.2. The smallest absolute Gasteiger partial charge is 0.321 e. The number of nitrogens with one attached hydrogen (secondary N) is 2. The van der Waals surface area contributed by atoms with Crippen LogP contribution in [0.25, 0.3) is 0 Å². The van der Waals surface area contributed by atoms with Crippen LogP contribution in [0.4, 0.5) is 0 Å². The molecule has 0 aliphatic heterocycles. The molecule has 7 N–H and O–H groups in total. The van der Waals surface area contributed by atoms with Gasteiger partial charge in [-0.2, -0.15) is 13.1 Å². The number of hydrogen-bond donors (Lipinski definition) is 6. The third-order valence-corrected chi connectivity index (χ3v) is 2.76. The summed E-state index contributed by atoms with van der Waals surface area (Å²) >= 11 is 0. The fourth-order valence-electron chi connectivity index (χ4n) is 0.680. The number of carboxylic acid groups (broad SMARTS) is 1. The molecule has 0 amide bonds. The van der Waals surface area contributed by atoms with E-state index in [0.29, 0.717) is 0 Å². The minimum absolute atomic E-state index is 0.492. The number of nitrogens with two attached hydrogens (primary N) is 1. The van der Waals surface area contributed by atoms with Crippen molar-refractivity contribution in [1.29, 1.82) is 0 Å². The number of rotatable bonds is 8. The molecule has 16 heavy (non-hydrogen) atoms. The lowest BCUT2D eigenvalue weighted by Gasteiger charge is -2.15. The molecule has 0 unspecified atom stereocenters. The van der Waals surface area contributed by atoms with Gasteiger partial charge in [-0.15, -0.1) is 0 Å². The topological polar surface area (TPSA) is 162 Å².